The Kier molecular flexibility index (Phi) is 9.02. The van der Waals surface area contributed by atoms with Crippen molar-refractivity contribution in [3.05, 3.63) is 0 Å². The molecule has 0 N–H and O–H groups in total. The van der Waals surface area contributed by atoms with E-state index < -0.39 is 25.7 Å². The second-order valence-electron chi connectivity index (χ2n) is 1.41. The molecule has 0 spiro atoms. The Bertz CT molecular complexity index is 112. The maximum atomic E-state index is 11.6. The number of hydrogen-bond donors (Lipinski definition) is 0. The molecule has 0 aromatic rings. The number of carboxylic acid groups (broad SMARTS) is 1. The molecule has 0 rings (SSSR count). The molecule has 52 valence electrons. The van der Waals surface area contributed by atoms with Gasteiger partial charge in [0.05, 0.1) is 5.97 Å². The molecule has 0 heterocycles. The monoisotopic (exact) mass is 178 g/mol. The second kappa shape index (κ2) is 6.66. The zero-order chi connectivity index (χ0) is 7.44. The Morgan fingerprint density at radius 3 is 2.10 bits per heavy atom. The van der Waals surface area contributed by atoms with E-state index in [1.807, 2.05) is 0 Å². The Hall–Kier alpha value is 0.961. The Balaban J connectivity index is 0. The minimum atomic E-state index is -2.93. The van der Waals surface area contributed by atoms with E-state index in [1.165, 1.54) is 0 Å². The van der Waals surface area contributed by atoms with Crippen LogP contribution in [0.3, 0.4) is 0 Å². The topological polar surface area (TPSA) is 40.1 Å². The molecule has 0 bridgehead atoms. The van der Waals surface area contributed by atoms with Gasteiger partial charge in [-0.25, -0.2) is 4.39 Å². The van der Waals surface area contributed by atoms with Gasteiger partial charge in [-0.2, -0.15) is 0 Å². The summed E-state index contributed by atoms with van der Waals surface area (Å²) in [7, 11) is -2.93. The Labute approximate surface area is 98.8 Å². The van der Waals surface area contributed by atoms with E-state index >= 15 is 0 Å². The van der Waals surface area contributed by atoms with Crippen LogP contribution >= 0.6 is 0 Å². The molecule has 10 heavy (non-hydrogen) atoms. The van der Waals surface area contributed by atoms with Crippen LogP contribution in [-0.4, -0.2) is 19.4 Å². The summed E-state index contributed by atoms with van der Waals surface area (Å²) in [4.78, 5) is 9.42. The number of carbonyl (C=O) groups excluding carboxylic acids is 1. The fourth-order valence-corrected chi connectivity index (χ4v) is 0.253. The fourth-order valence-electron chi connectivity index (χ4n) is 0.253. The Morgan fingerprint density at radius 1 is 1.60 bits per heavy atom. The quantitative estimate of drug-likeness (QED) is 0.421. The van der Waals surface area contributed by atoms with E-state index in [4.69, 9.17) is 0 Å². The number of alkyl halides is 1. The van der Waals surface area contributed by atoms with E-state index in [1.54, 1.807) is 0 Å². The molecule has 0 saturated heterocycles. The van der Waals surface area contributed by atoms with Crippen LogP contribution < -0.4 is 56.5 Å². The molecule has 0 aromatic heterocycles. The van der Waals surface area contributed by atoms with Gasteiger partial charge >= 0.3 is 58.7 Å². The van der Waals surface area contributed by atoms with E-state index in [9.17, 15) is 22.9 Å². The van der Waals surface area contributed by atoms with Gasteiger partial charge in [0.1, 0.15) is 6.17 Å². The predicted octanol–water partition coefficient (Wildman–Crippen LogP) is -3.49. The van der Waals surface area contributed by atoms with E-state index in [2.05, 4.69) is 0 Å². The molecule has 7 heteroatoms. The molecule has 0 aliphatic heterocycles. The van der Waals surface area contributed by atoms with Crippen molar-refractivity contribution >= 4 is 13.2 Å². The third-order valence-corrected chi connectivity index (χ3v) is 0.641. The third-order valence-electron chi connectivity index (χ3n) is 0.641. The van der Waals surface area contributed by atoms with Crippen molar-refractivity contribution < 1.29 is 74.3 Å². The first kappa shape index (κ1) is 13.5. The summed E-state index contributed by atoms with van der Waals surface area (Å²) in [5, 5.41) is 9.42. The molecule has 0 aromatic carbocycles. The maximum Gasteiger partial charge on any atom is 1.00 e. The van der Waals surface area contributed by atoms with Gasteiger partial charge in [0.2, 0.25) is 0 Å². The van der Waals surface area contributed by atoms with Crippen LogP contribution in [0.15, 0.2) is 0 Å². The molecule has 1 atom stereocenters. The van der Waals surface area contributed by atoms with Gasteiger partial charge in [-0.15, -0.1) is 0 Å². The summed E-state index contributed by atoms with van der Waals surface area (Å²) < 4.78 is 33.9. The Morgan fingerprint density at radius 2 is 2.00 bits per heavy atom. The number of rotatable bonds is 3. The number of hydrogen-bond acceptors (Lipinski definition) is 2. The van der Waals surface area contributed by atoms with Gasteiger partial charge in [-0.3, -0.25) is 8.63 Å². The van der Waals surface area contributed by atoms with Gasteiger partial charge in [0, 0.05) is 6.32 Å². The number of halogens is 3. The summed E-state index contributed by atoms with van der Waals surface area (Å²) in [6.07, 6.45) is -3.84. The average Bonchev–Trinajstić information content (AvgIpc) is 1.63. The zero-order valence-corrected chi connectivity index (χ0v) is 8.44. The molecule has 0 amide bonds. The van der Waals surface area contributed by atoms with Crippen LogP contribution in [0.5, 0.6) is 0 Å². The van der Waals surface area contributed by atoms with Crippen LogP contribution in [-0.2, 0) is 4.79 Å². The van der Waals surface area contributed by atoms with E-state index in [0.717, 1.165) is 0 Å². The second-order valence-corrected chi connectivity index (χ2v) is 1.41. The largest absolute Gasteiger partial charge is 1.00 e. The number of carbonyl (C=O) groups is 1. The molecular formula is C3H3BF3KO2. The molecule has 0 aliphatic rings. The molecule has 1 unspecified atom stereocenters. The summed E-state index contributed by atoms with van der Waals surface area (Å²) in [6, 6.07) is 0. The van der Waals surface area contributed by atoms with Crippen molar-refractivity contribution in [2.45, 2.75) is 12.5 Å². The third kappa shape index (κ3) is 7.07. The van der Waals surface area contributed by atoms with Gasteiger partial charge in [0.25, 0.3) is 0 Å². The minimum absolute atomic E-state index is 0. The summed E-state index contributed by atoms with van der Waals surface area (Å²) >= 11 is 0. The first-order chi connectivity index (χ1) is 4.04. The van der Waals surface area contributed by atoms with Crippen molar-refractivity contribution in [2.75, 3.05) is 0 Å². The fraction of sp³-hybridized carbons (Fsp3) is 0.667. The molecule has 0 fully saturated rings. The number of aliphatic carboxylic acids is 1. The first-order valence-corrected chi connectivity index (χ1v) is 2.17. The van der Waals surface area contributed by atoms with Crippen LogP contribution in [0.1, 0.15) is 0 Å². The van der Waals surface area contributed by atoms with Crippen LogP contribution in [0.25, 0.3) is 0 Å². The summed E-state index contributed by atoms with van der Waals surface area (Å²) in [5.41, 5.74) is 0. The number of carboxylic acids is 1. The molecule has 2 nitrogen and oxygen atoms in total. The first-order valence-electron chi connectivity index (χ1n) is 2.17. The van der Waals surface area contributed by atoms with Crippen molar-refractivity contribution in [1.82, 2.24) is 0 Å². The molecule has 0 radical (unpaired) electrons. The van der Waals surface area contributed by atoms with Crippen molar-refractivity contribution in [2.24, 2.45) is 0 Å². The van der Waals surface area contributed by atoms with E-state index in [-0.39, 0.29) is 51.4 Å². The van der Waals surface area contributed by atoms with Crippen molar-refractivity contribution in [1.29, 1.82) is 0 Å². The van der Waals surface area contributed by atoms with E-state index in [0.29, 0.717) is 0 Å². The summed E-state index contributed by atoms with van der Waals surface area (Å²) in [6.45, 7) is 0. The van der Waals surface area contributed by atoms with Crippen LogP contribution in [0.4, 0.5) is 13.0 Å². The normalized spacial score (nSPS) is 11.5. The van der Waals surface area contributed by atoms with Crippen molar-refractivity contribution in [3.8, 4) is 0 Å². The average molecular weight is 178 g/mol. The smallest absolute Gasteiger partial charge is 0.547 e. The van der Waals surface area contributed by atoms with Crippen LogP contribution in [0.2, 0.25) is 6.32 Å². The van der Waals surface area contributed by atoms with Crippen molar-refractivity contribution in [3.63, 3.8) is 0 Å². The van der Waals surface area contributed by atoms with Crippen LogP contribution in [0, 0.1) is 0 Å². The molecular weight excluding hydrogens is 175 g/mol. The predicted molar refractivity (Wildman–Crippen MR) is 22.7 cm³/mol. The maximum absolute atomic E-state index is 11.6. The molecule has 0 aliphatic carbocycles. The zero-order valence-electron chi connectivity index (χ0n) is 5.31. The standard InChI is InChI=1S/C3H4BF3O2.K/c5-2(3(8)9)1-4(6)7;/h2H,1H2,(H,8,9);/q;+1/p-1. The van der Waals surface area contributed by atoms with Gasteiger partial charge in [0.15, 0.2) is 0 Å². The van der Waals surface area contributed by atoms with Gasteiger partial charge in [-0.1, -0.05) is 0 Å². The summed E-state index contributed by atoms with van der Waals surface area (Å²) in [5.74, 6) is -2.09. The minimum Gasteiger partial charge on any atom is -0.547 e. The van der Waals surface area contributed by atoms with Gasteiger partial charge in [-0.05, 0) is 0 Å². The SMILES string of the molecule is O=C([O-])C(F)CB(F)F.[K+]. The molecule has 0 saturated carbocycles. The van der Waals surface area contributed by atoms with Gasteiger partial charge < -0.3 is 9.90 Å².